The number of sulfonamides is 1. The molecule has 1 aromatic carbocycles. The third kappa shape index (κ3) is 3.80. The van der Waals surface area contributed by atoms with E-state index in [-0.39, 0.29) is 6.04 Å². The predicted octanol–water partition coefficient (Wildman–Crippen LogP) is 4.07. The quantitative estimate of drug-likeness (QED) is 0.816. The lowest BCUT2D eigenvalue weighted by atomic mass is 9.87. The van der Waals surface area contributed by atoms with Crippen molar-refractivity contribution in [3.8, 4) is 0 Å². The highest BCUT2D eigenvalue weighted by molar-refractivity contribution is 9.11. The number of halogens is 2. The Morgan fingerprint density at radius 3 is 2.58 bits per heavy atom. The summed E-state index contributed by atoms with van der Waals surface area (Å²) in [7, 11) is -3.47. The summed E-state index contributed by atoms with van der Waals surface area (Å²) in [5, 5.41) is 0. The Kier molecular flexibility index (Phi) is 5.09. The van der Waals surface area contributed by atoms with Gasteiger partial charge in [-0.15, -0.1) is 0 Å². The maximum absolute atomic E-state index is 12.5. The summed E-state index contributed by atoms with van der Waals surface area (Å²) in [6.45, 7) is 2.11. The monoisotopic (exact) mass is 409 g/mol. The van der Waals surface area contributed by atoms with Crippen molar-refractivity contribution in [1.29, 1.82) is 0 Å². The molecule has 106 valence electrons. The minimum atomic E-state index is -3.47. The van der Waals surface area contributed by atoms with Crippen LogP contribution in [0.15, 0.2) is 32.0 Å². The van der Waals surface area contributed by atoms with E-state index in [1.165, 1.54) is 6.42 Å². The first-order valence-corrected chi connectivity index (χ1v) is 9.44. The van der Waals surface area contributed by atoms with Crippen LogP contribution in [0.3, 0.4) is 0 Å². The second-order valence-electron chi connectivity index (χ2n) is 5.06. The average Bonchev–Trinajstić information content (AvgIpc) is 2.35. The molecule has 0 radical (unpaired) electrons. The molecule has 0 aromatic heterocycles. The van der Waals surface area contributed by atoms with Crippen molar-refractivity contribution in [2.24, 2.45) is 5.92 Å². The van der Waals surface area contributed by atoms with Crippen LogP contribution in [0.2, 0.25) is 0 Å². The van der Waals surface area contributed by atoms with Gasteiger partial charge in [0, 0.05) is 15.0 Å². The number of benzene rings is 1. The van der Waals surface area contributed by atoms with Gasteiger partial charge in [0.15, 0.2) is 0 Å². The fourth-order valence-electron chi connectivity index (χ4n) is 2.44. The third-order valence-electron chi connectivity index (χ3n) is 3.60. The molecule has 0 aliphatic heterocycles. The molecule has 1 fully saturated rings. The lowest BCUT2D eigenvalue weighted by Crippen LogP contribution is -2.41. The SMILES string of the molecule is C[C@H]1CCCC[C@H]1NS(=O)(=O)c1cc(Br)ccc1Br. The zero-order chi connectivity index (χ0) is 14.0. The van der Waals surface area contributed by atoms with Gasteiger partial charge >= 0.3 is 0 Å². The third-order valence-corrected chi connectivity index (χ3v) is 6.58. The molecule has 1 aromatic rings. The molecule has 1 saturated carbocycles. The van der Waals surface area contributed by atoms with Gasteiger partial charge in [-0.3, -0.25) is 0 Å². The van der Waals surface area contributed by atoms with Crippen LogP contribution in [0, 0.1) is 5.92 Å². The van der Waals surface area contributed by atoms with E-state index in [9.17, 15) is 8.42 Å². The fraction of sp³-hybridized carbons (Fsp3) is 0.538. The van der Waals surface area contributed by atoms with Crippen molar-refractivity contribution < 1.29 is 8.42 Å². The number of hydrogen-bond donors (Lipinski definition) is 1. The summed E-state index contributed by atoms with van der Waals surface area (Å²) in [4.78, 5) is 0.291. The molecule has 0 amide bonds. The number of nitrogens with one attached hydrogen (secondary N) is 1. The van der Waals surface area contributed by atoms with Crippen LogP contribution in [-0.4, -0.2) is 14.5 Å². The zero-order valence-electron chi connectivity index (χ0n) is 10.7. The van der Waals surface area contributed by atoms with E-state index in [0.29, 0.717) is 15.3 Å². The van der Waals surface area contributed by atoms with Crippen molar-refractivity contribution in [3.05, 3.63) is 27.1 Å². The summed E-state index contributed by atoms with van der Waals surface area (Å²) in [6, 6.07) is 5.22. The van der Waals surface area contributed by atoms with Crippen molar-refractivity contribution >= 4 is 41.9 Å². The molecule has 1 aliphatic carbocycles. The van der Waals surface area contributed by atoms with Crippen LogP contribution in [0.25, 0.3) is 0 Å². The van der Waals surface area contributed by atoms with Gasteiger partial charge in [-0.25, -0.2) is 13.1 Å². The highest BCUT2D eigenvalue weighted by Crippen LogP contribution is 2.29. The van der Waals surface area contributed by atoms with Crippen LogP contribution >= 0.6 is 31.9 Å². The zero-order valence-corrected chi connectivity index (χ0v) is 14.7. The van der Waals surface area contributed by atoms with E-state index in [4.69, 9.17) is 0 Å². The molecule has 2 atom stereocenters. The van der Waals surface area contributed by atoms with Gasteiger partial charge in [0.05, 0.1) is 4.90 Å². The Balaban J connectivity index is 2.24. The predicted molar refractivity (Wildman–Crippen MR) is 83.6 cm³/mol. The largest absolute Gasteiger partial charge is 0.241 e. The van der Waals surface area contributed by atoms with Crippen LogP contribution in [0.1, 0.15) is 32.6 Å². The van der Waals surface area contributed by atoms with Gasteiger partial charge in [-0.05, 0) is 52.9 Å². The van der Waals surface area contributed by atoms with Crippen molar-refractivity contribution in [1.82, 2.24) is 4.72 Å². The molecular formula is C13H17Br2NO2S. The molecule has 2 rings (SSSR count). The molecular weight excluding hydrogens is 394 g/mol. The van der Waals surface area contributed by atoms with Crippen molar-refractivity contribution in [2.75, 3.05) is 0 Å². The molecule has 0 unspecified atom stereocenters. The van der Waals surface area contributed by atoms with Crippen molar-refractivity contribution in [2.45, 2.75) is 43.5 Å². The molecule has 0 spiro atoms. The van der Waals surface area contributed by atoms with E-state index in [0.717, 1.165) is 23.7 Å². The topological polar surface area (TPSA) is 46.2 Å². The van der Waals surface area contributed by atoms with E-state index >= 15 is 0 Å². The molecule has 6 heteroatoms. The Bertz CT molecular complexity index is 560. The molecule has 0 bridgehead atoms. The summed E-state index contributed by atoms with van der Waals surface area (Å²) in [6.07, 6.45) is 4.30. The first-order valence-electron chi connectivity index (χ1n) is 6.37. The highest BCUT2D eigenvalue weighted by Gasteiger charge is 2.27. The number of hydrogen-bond acceptors (Lipinski definition) is 2. The summed E-state index contributed by atoms with van der Waals surface area (Å²) < 4.78 is 29.1. The summed E-state index contributed by atoms with van der Waals surface area (Å²) in [5.41, 5.74) is 0. The van der Waals surface area contributed by atoms with E-state index in [1.54, 1.807) is 12.1 Å². The first kappa shape index (κ1) is 15.5. The summed E-state index contributed by atoms with van der Waals surface area (Å²) >= 11 is 6.62. The maximum atomic E-state index is 12.5. The van der Waals surface area contributed by atoms with Crippen molar-refractivity contribution in [3.63, 3.8) is 0 Å². The maximum Gasteiger partial charge on any atom is 0.241 e. The number of rotatable bonds is 3. The van der Waals surface area contributed by atoms with Crippen LogP contribution in [0.4, 0.5) is 0 Å². The van der Waals surface area contributed by atoms with Gasteiger partial charge in [-0.2, -0.15) is 0 Å². The van der Waals surface area contributed by atoms with E-state index in [2.05, 4.69) is 43.5 Å². The van der Waals surface area contributed by atoms with Gasteiger partial charge in [0.25, 0.3) is 0 Å². The minimum Gasteiger partial charge on any atom is -0.208 e. The van der Waals surface area contributed by atoms with Gasteiger partial charge < -0.3 is 0 Å². The van der Waals surface area contributed by atoms with Gasteiger partial charge in [-0.1, -0.05) is 35.7 Å². The van der Waals surface area contributed by atoms with Crippen LogP contribution in [0.5, 0.6) is 0 Å². The molecule has 0 saturated heterocycles. The highest BCUT2D eigenvalue weighted by atomic mass is 79.9. The first-order chi connectivity index (χ1) is 8.90. The Labute approximate surface area is 131 Å². The molecule has 1 aliphatic rings. The van der Waals surface area contributed by atoms with Crippen LogP contribution in [-0.2, 0) is 10.0 Å². The lowest BCUT2D eigenvalue weighted by Gasteiger charge is -2.29. The van der Waals surface area contributed by atoms with Crippen LogP contribution < -0.4 is 4.72 Å². The Morgan fingerprint density at radius 1 is 1.21 bits per heavy atom. The smallest absolute Gasteiger partial charge is 0.208 e. The molecule has 1 N–H and O–H groups in total. The Hall–Kier alpha value is 0.0900. The van der Waals surface area contributed by atoms with Gasteiger partial charge in [0.2, 0.25) is 10.0 Å². The second-order valence-corrected chi connectivity index (χ2v) is 8.52. The fourth-order valence-corrected chi connectivity index (χ4v) is 5.32. The average molecular weight is 411 g/mol. The Morgan fingerprint density at radius 2 is 1.89 bits per heavy atom. The normalized spacial score (nSPS) is 24.4. The molecule has 3 nitrogen and oxygen atoms in total. The minimum absolute atomic E-state index is 0.0460. The second kappa shape index (κ2) is 6.24. The summed E-state index contributed by atoms with van der Waals surface area (Å²) in [5.74, 6) is 0.398. The molecule has 19 heavy (non-hydrogen) atoms. The van der Waals surface area contributed by atoms with Gasteiger partial charge in [0.1, 0.15) is 0 Å². The lowest BCUT2D eigenvalue weighted by molar-refractivity contribution is 0.310. The molecule has 0 heterocycles. The van der Waals surface area contributed by atoms with E-state index < -0.39 is 10.0 Å². The standard InChI is InChI=1S/C13H17Br2NO2S/c1-9-4-2-3-5-12(9)16-19(17,18)13-8-10(14)6-7-11(13)15/h6-9,12,16H,2-5H2,1H3/t9-,12+/m0/s1. The van der Waals surface area contributed by atoms with E-state index in [1.807, 2.05) is 6.07 Å².